The average Bonchev–Trinajstić information content (AvgIpc) is 3.45. The molecule has 1 aromatic carbocycles. The van der Waals surface area contributed by atoms with Gasteiger partial charge in [-0.2, -0.15) is 0 Å². The molecule has 0 radical (unpaired) electrons. The minimum atomic E-state index is -0.603. The predicted molar refractivity (Wildman–Crippen MR) is 103 cm³/mol. The quantitative estimate of drug-likeness (QED) is 0.908. The van der Waals surface area contributed by atoms with Gasteiger partial charge in [0.1, 0.15) is 18.4 Å². The van der Waals surface area contributed by atoms with Gasteiger partial charge in [0.15, 0.2) is 0 Å². The Morgan fingerprint density at radius 2 is 2.19 bits per heavy atom. The molecule has 0 saturated heterocycles. The largest absolute Gasteiger partial charge is 0.378 e. The Labute approximate surface area is 158 Å². The molecule has 6 nitrogen and oxygen atoms in total. The van der Waals surface area contributed by atoms with Crippen LogP contribution in [0.3, 0.4) is 0 Å². The van der Waals surface area contributed by atoms with Crippen LogP contribution in [0, 0.1) is 0 Å². The highest BCUT2D eigenvalue weighted by molar-refractivity contribution is 6.01. The number of hydrogen-bond acceptors (Lipinski definition) is 5. The monoisotopic (exact) mass is 364 g/mol. The zero-order valence-corrected chi connectivity index (χ0v) is 15.5. The van der Waals surface area contributed by atoms with E-state index in [0.717, 1.165) is 36.1 Å². The number of methoxy groups -OCH3 is 1. The molecule has 1 atom stereocenters. The standard InChI is InChI=1S/C21H24N4O2/c1-27-12-15-11-24(13-23-15)20-9-19-18-4-2-3-16(14-5-6-14)17(18)7-8-25(19)21(26)10-22-20/h2-4,9,11,13-14,21,26H,5-8,10,12H2,1H3. The van der Waals surface area contributed by atoms with E-state index in [1.54, 1.807) is 13.4 Å². The molecule has 0 amide bonds. The number of fused-ring (bicyclic) bond motifs is 3. The number of ether oxygens (including phenoxy) is 1. The van der Waals surface area contributed by atoms with E-state index in [2.05, 4.69) is 39.2 Å². The molecule has 27 heavy (non-hydrogen) atoms. The van der Waals surface area contributed by atoms with Gasteiger partial charge in [-0.25, -0.2) is 4.98 Å². The van der Waals surface area contributed by atoms with Gasteiger partial charge in [-0.3, -0.25) is 9.56 Å². The highest BCUT2D eigenvalue weighted by Gasteiger charge is 2.33. The summed E-state index contributed by atoms with van der Waals surface area (Å²) in [4.78, 5) is 11.1. The van der Waals surface area contributed by atoms with Crippen molar-refractivity contribution in [2.75, 3.05) is 20.2 Å². The van der Waals surface area contributed by atoms with Crippen LogP contribution in [0.5, 0.6) is 0 Å². The first-order valence-corrected chi connectivity index (χ1v) is 9.60. The fourth-order valence-electron chi connectivity index (χ4n) is 4.19. The van der Waals surface area contributed by atoms with Crippen molar-refractivity contribution in [1.82, 2.24) is 14.5 Å². The maximum Gasteiger partial charge on any atom is 0.146 e. The molecule has 2 aliphatic heterocycles. The third kappa shape index (κ3) is 2.99. The Balaban J connectivity index is 1.58. The molecule has 5 rings (SSSR count). The summed E-state index contributed by atoms with van der Waals surface area (Å²) in [5.74, 6) is 1.52. The van der Waals surface area contributed by atoms with Crippen molar-refractivity contribution in [3.8, 4) is 0 Å². The highest BCUT2D eigenvalue weighted by Crippen LogP contribution is 2.45. The van der Waals surface area contributed by atoms with Gasteiger partial charge in [0.2, 0.25) is 0 Å². The fourth-order valence-corrected chi connectivity index (χ4v) is 4.19. The van der Waals surface area contributed by atoms with Crippen LogP contribution < -0.4 is 0 Å². The van der Waals surface area contributed by atoms with E-state index >= 15 is 0 Å². The maximum atomic E-state index is 10.7. The molecule has 1 aliphatic carbocycles. The minimum absolute atomic E-state index is 0.352. The summed E-state index contributed by atoms with van der Waals surface area (Å²) in [6.45, 7) is 1.65. The van der Waals surface area contributed by atoms with Gasteiger partial charge < -0.3 is 14.7 Å². The summed E-state index contributed by atoms with van der Waals surface area (Å²) < 4.78 is 7.08. The predicted octanol–water partition coefficient (Wildman–Crippen LogP) is 2.38. The smallest absolute Gasteiger partial charge is 0.146 e. The summed E-state index contributed by atoms with van der Waals surface area (Å²) in [6, 6.07) is 6.61. The molecule has 0 bridgehead atoms. The Kier molecular flexibility index (Phi) is 4.10. The van der Waals surface area contributed by atoms with E-state index in [4.69, 9.17) is 4.74 Å². The number of allylic oxidation sites excluding steroid dienone is 1. The van der Waals surface area contributed by atoms with Gasteiger partial charge in [-0.15, -0.1) is 0 Å². The Morgan fingerprint density at radius 3 is 3.00 bits per heavy atom. The van der Waals surface area contributed by atoms with Crippen LogP contribution in [-0.2, 0) is 17.8 Å². The van der Waals surface area contributed by atoms with Gasteiger partial charge in [0.05, 0.1) is 24.5 Å². The van der Waals surface area contributed by atoms with Crippen LogP contribution in [0.4, 0.5) is 0 Å². The van der Waals surface area contributed by atoms with Crippen molar-refractivity contribution in [1.29, 1.82) is 0 Å². The van der Waals surface area contributed by atoms with Gasteiger partial charge in [-0.1, -0.05) is 18.2 Å². The molecule has 3 heterocycles. The van der Waals surface area contributed by atoms with Crippen molar-refractivity contribution in [3.63, 3.8) is 0 Å². The van der Waals surface area contributed by atoms with E-state index in [9.17, 15) is 5.11 Å². The number of aromatic nitrogens is 2. The normalized spacial score (nSPS) is 21.9. The zero-order chi connectivity index (χ0) is 18.4. The molecular formula is C21H24N4O2. The van der Waals surface area contributed by atoms with Gasteiger partial charge in [-0.05, 0) is 36.3 Å². The Morgan fingerprint density at radius 1 is 1.30 bits per heavy atom. The van der Waals surface area contributed by atoms with Crippen LogP contribution in [0.25, 0.3) is 5.70 Å². The number of rotatable bonds is 3. The van der Waals surface area contributed by atoms with Crippen LogP contribution >= 0.6 is 0 Å². The molecule has 1 unspecified atom stereocenters. The topological polar surface area (TPSA) is 62.9 Å². The summed E-state index contributed by atoms with van der Waals surface area (Å²) in [5.41, 5.74) is 6.10. The summed E-state index contributed by atoms with van der Waals surface area (Å²) in [7, 11) is 1.66. The van der Waals surface area contributed by atoms with Gasteiger partial charge in [0.25, 0.3) is 0 Å². The van der Waals surface area contributed by atoms with Crippen LogP contribution in [0.15, 0.2) is 41.8 Å². The molecule has 1 fully saturated rings. The third-order valence-electron chi connectivity index (χ3n) is 5.65. The van der Waals surface area contributed by atoms with Crippen molar-refractivity contribution in [2.24, 2.45) is 4.99 Å². The molecule has 0 spiro atoms. The second-order valence-corrected chi connectivity index (χ2v) is 7.51. The lowest BCUT2D eigenvalue weighted by molar-refractivity contribution is 0.0536. The number of hydrogen-bond donors (Lipinski definition) is 1. The molecule has 140 valence electrons. The molecule has 1 aromatic heterocycles. The van der Waals surface area contributed by atoms with Crippen molar-refractivity contribution in [2.45, 2.75) is 38.0 Å². The lowest BCUT2D eigenvalue weighted by Gasteiger charge is -2.36. The van der Waals surface area contributed by atoms with Crippen LogP contribution in [-0.4, -0.2) is 51.8 Å². The maximum absolute atomic E-state index is 10.7. The van der Waals surface area contributed by atoms with E-state index in [1.807, 2.05) is 10.8 Å². The second kappa shape index (κ2) is 6.62. The number of nitrogens with zero attached hydrogens (tertiary/aromatic N) is 4. The first kappa shape index (κ1) is 16.7. The van der Waals surface area contributed by atoms with E-state index in [0.29, 0.717) is 13.2 Å². The van der Waals surface area contributed by atoms with E-state index in [-0.39, 0.29) is 0 Å². The fraction of sp³-hybridized carbons (Fsp3) is 0.429. The van der Waals surface area contributed by atoms with Gasteiger partial charge >= 0.3 is 0 Å². The minimum Gasteiger partial charge on any atom is -0.378 e. The molecule has 3 aliphatic rings. The Bertz CT molecular complexity index is 926. The number of benzene rings is 1. The van der Waals surface area contributed by atoms with Crippen molar-refractivity contribution in [3.05, 3.63) is 59.2 Å². The van der Waals surface area contributed by atoms with Crippen molar-refractivity contribution >= 4 is 11.5 Å². The van der Waals surface area contributed by atoms with Crippen LogP contribution in [0.2, 0.25) is 0 Å². The lowest BCUT2D eigenvalue weighted by Crippen LogP contribution is -2.39. The lowest BCUT2D eigenvalue weighted by atomic mass is 9.89. The highest BCUT2D eigenvalue weighted by atomic mass is 16.5. The third-order valence-corrected chi connectivity index (χ3v) is 5.65. The average molecular weight is 364 g/mol. The van der Waals surface area contributed by atoms with Crippen molar-refractivity contribution < 1.29 is 9.84 Å². The second-order valence-electron chi connectivity index (χ2n) is 7.51. The molecule has 1 N–H and O–H groups in total. The van der Waals surface area contributed by atoms with E-state index in [1.165, 1.54) is 29.5 Å². The first-order valence-electron chi connectivity index (χ1n) is 9.60. The molecule has 6 heteroatoms. The van der Waals surface area contributed by atoms with E-state index < -0.39 is 6.23 Å². The Hall–Kier alpha value is -2.44. The van der Waals surface area contributed by atoms with Gasteiger partial charge in [0, 0.05) is 31.5 Å². The first-order chi connectivity index (χ1) is 13.2. The summed E-state index contributed by atoms with van der Waals surface area (Å²) >= 11 is 0. The summed E-state index contributed by atoms with van der Waals surface area (Å²) in [6.07, 6.45) is 8.76. The SMILES string of the molecule is COCc1cn(C2=NCC(O)N3CCc4c(cccc4C4CC4)C3=C2)cn1. The number of aliphatic imine (C=N–C) groups is 1. The molecular weight excluding hydrogens is 340 g/mol. The zero-order valence-electron chi connectivity index (χ0n) is 15.5. The number of aliphatic hydroxyl groups is 1. The summed E-state index contributed by atoms with van der Waals surface area (Å²) in [5, 5.41) is 10.7. The number of aliphatic hydroxyl groups excluding tert-OH is 1. The number of imidazole rings is 1. The molecule has 2 aromatic rings. The van der Waals surface area contributed by atoms with Crippen LogP contribution in [0.1, 0.15) is 41.1 Å². The molecule has 1 saturated carbocycles.